The van der Waals surface area contributed by atoms with Crippen molar-refractivity contribution in [2.24, 2.45) is 5.92 Å². The fourth-order valence-electron chi connectivity index (χ4n) is 1.45. The molecule has 1 aliphatic rings. The highest BCUT2D eigenvalue weighted by Gasteiger charge is 2.21. The summed E-state index contributed by atoms with van der Waals surface area (Å²) in [5, 5.41) is 3.58. The average molecular weight is 195 g/mol. The van der Waals surface area contributed by atoms with E-state index in [1.807, 2.05) is 11.3 Å². The monoisotopic (exact) mass is 195 g/mol. The first kappa shape index (κ1) is 9.22. The van der Waals surface area contributed by atoms with Gasteiger partial charge in [0.2, 0.25) is 0 Å². The van der Waals surface area contributed by atoms with Gasteiger partial charge in [0, 0.05) is 15.8 Å². The van der Waals surface area contributed by atoms with Gasteiger partial charge < -0.3 is 5.32 Å². The summed E-state index contributed by atoms with van der Waals surface area (Å²) in [6, 6.07) is 4.99. The molecule has 1 aromatic rings. The van der Waals surface area contributed by atoms with Crippen LogP contribution in [-0.2, 0) is 0 Å². The summed E-state index contributed by atoms with van der Waals surface area (Å²) in [7, 11) is 0. The molecule has 0 saturated heterocycles. The molecule has 1 nitrogen and oxygen atoms in total. The molecule has 0 aliphatic heterocycles. The van der Waals surface area contributed by atoms with Gasteiger partial charge in [-0.3, -0.25) is 0 Å². The molecule has 1 saturated carbocycles. The summed E-state index contributed by atoms with van der Waals surface area (Å²) < 4.78 is 0. The lowest BCUT2D eigenvalue weighted by Gasteiger charge is -2.10. The number of rotatable bonds is 4. The van der Waals surface area contributed by atoms with E-state index in [2.05, 4.69) is 31.3 Å². The molecule has 2 heteroatoms. The first-order valence-corrected chi connectivity index (χ1v) is 5.87. The lowest BCUT2D eigenvalue weighted by molar-refractivity contribution is 0.555. The maximum absolute atomic E-state index is 3.58. The van der Waals surface area contributed by atoms with Crippen LogP contribution in [0.4, 0.5) is 0 Å². The number of nitrogens with one attached hydrogen (secondary N) is 1. The molecule has 0 amide bonds. The second-order valence-corrected chi connectivity index (χ2v) is 5.34. The van der Waals surface area contributed by atoms with Crippen LogP contribution in [0.15, 0.2) is 12.1 Å². The Kier molecular flexibility index (Phi) is 2.70. The van der Waals surface area contributed by atoms with Crippen LogP contribution in [0.5, 0.6) is 0 Å². The highest BCUT2D eigenvalue weighted by molar-refractivity contribution is 7.12. The molecule has 2 rings (SSSR count). The lowest BCUT2D eigenvalue weighted by atomic mass is 10.2. The van der Waals surface area contributed by atoms with E-state index in [4.69, 9.17) is 0 Å². The Hall–Kier alpha value is -0.340. The van der Waals surface area contributed by atoms with Gasteiger partial charge in [-0.15, -0.1) is 11.3 Å². The van der Waals surface area contributed by atoms with Crippen LogP contribution in [0.1, 0.15) is 35.6 Å². The third kappa shape index (κ3) is 2.55. The molecular formula is C11H17NS. The zero-order valence-electron chi connectivity index (χ0n) is 8.34. The molecule has 0 radical (unpaired) electrons. The van der Waals surface area contributed by atoms with E-state index in [1.165, 1.54) is 29.1 Å². The quantitative estimate of drug-likeness (QED) is 0.778. The SMILES string of the molecule is Cc1ccc(C(C)NCC2CC2)s1. The van der Waals surface area contributed by atoms with Gasteiger partial charge in [0.1, 0.15) is 0 Å². The van der Waals surface area contributed by atoms with Gasteiger partial charge in [0.25, 0.3) is 0 Å². The molecule has 1 heterocycles. The van der Waals surface area contributed by atoms with Crippen molar-refractivity contribution in [3.63, 3.8) is 0 Å². The largest absolute Gasteiger partial charge is 0.309 e. The Balaban J connectivity index is 1.84. The summed E-state index contributed by atoms with van der Waals surface area (Å²) in [6.07, 6.45) is 2.87. The molecule has 13 heavy (non-hydrogen) atoms. The minimum atomic E-state index is 0.541. The fourth-order valence-corrected chi connectivity index (χ4v) is 2.36. The maximum atomic E-state index is 3.58. The molecule has 1 unspecified atom stereocenters. The Morgan fingerprint density at radius 2 is 2.31 bits per heavy atom. The zero-order chi connectivity index (χ0) is 9.26. The van der Waals surface area contributed by atoms with Gasteiger partial charge in [0.15, 0.2) is 0 Å². The predicted octanol–water partition coefficient (Wildman–Crippen LogP) is 3.12. The van der Waals surface area contributed by atoms with Crippen LogP contribution < -0.4 is 5.32 Å². The van der Waals surface area contributed by atoms with E-state index < -0.39 is 0 Å². The highest BCUT2D eigenvalue weighted by Crippen LogP contribution is 2.29. The summed E-state index contributed by atoms with van der Waals surface area (Å²) in [4.78, 5) is 2.88. The van der Waals surface area contributed by atoms with Gasteiger partial charge in [-0.25, -0.2) is 0 Å². The van der Waals surface area contributed by atoms with E-state index in [9.17, 15) is 0 Å². The van der Waals surface area contributed by atoms with Gasteiger partial charge in [-0.1, -0.05) is 0 Å². The number of aryl methyl sites for hydroxylation is 1. The zero-order valence-corrected chi connectivity index (χ0v) is 9.16. The second kappa shape index (κ2) is 3.81. The summed E-state index contributed by atoms with van der Waals surface area (Å²) in [5.41, 5.74) is 0. The van der Waals surface area contributed by atoms with Crippen molar-refractivity contribution in [3.05, 3.63) is 21.9 Å². The Morgan fingerprint density at radius 3 is 2.85 bits per heavy atom. The van der Waals surface area contributed by atoms with Crippen LogP contribution in [0.2, 0.25) is 0 Å². The highest BCUT2D eigenvalue weighted by atomic mass is 32.1. The van der Waals surface area contributed by atoms with E-state index in [0.717, 1.165) is 5.92 Å². The van der Waals surface area contributed by atoms with E-state index in [0.29, 0.717) is 6.04 Å². The predicted molar refractivity (Wildman–Crippen MR) is 58.2 cm³/mol. The van der Waals surface area contributed by atoms with Gasteiger partial charge in [0.05, 0.1) is 0 Å². The molecule has 1 aliphatic carbocycles. The Labute approximate surface area is 84.2 Å². The van der Waals surface area contributed by atoms with Crippen molar-refractivity contribution in [1.29, 1.82) is 0 Å². The molecular weight excluding hydrogens is 178 g/mol. The minimum Gasteiger partial charge on any atom is -0.309 e. The molecule has 0 spiro atoms. The summed E-state index contributed by atoms with van der Waals surface area (Å²) >= 11 is 1.91. The normalized spacial score (nSPS) is 18.9. The van der Waals surface area contributed by atoms with Crippen molar-refractivity contribution >= 4 is 11.3 Å². The summed E-state index contributed by atoms with van der Waals surface area (Å²) in [6.45, 7) is 5.63. The van der Waals surface area contributed by atoms with Crippen LogP contribution in [0.25, 0.3) is 0 Å². The van der Waals surface area contributed by atoms with Crippen molar-refractivity contribution in [1.82, 2.24) is 5.32 Å². The standard InChI is InChI=1S/C11H17NS/c1-8-3-6-11(13-8)9(2)12-7-10-4-5-10/h3,6,9-10,12H,4-5,7H2,1-2H3. The minimum absolute atomic E-state index is 0.541. The molecule has 72 valence electrons. The topological polar surface area (TPSA) is 12.0 Å². The van der Waals surface area contributed by atoms with Crippen LogP contribution >= 0.6 is 11.3 Å². The molecule has 1 aromatic heterocycles. The number of hydrogen-bond acceptors (Lipinski definition) is 2. The lowest BCUT2D eigenvalue weighted by Crippen LogP contribution is -2.20. The molecule has 1 N–H and O–H groups in total. The van der Waals surface area contributed by atoms with Crippen molar-refractivity contribution in [2.75, 3.05) is 6.54 Å². The van der Waals surface area contributed by atoms with Crippen LogP contribution in [0.3, 0.4) is 0 Å². The van der Waals surface area contributed by atoms with Crippen LogP contribution in [0, 0.1) is 12.8 Å². The molecule has 1 fully saturated rings. The van der Waals surface area contributed by atoms with Crippen molar-refractivity contribution in [3.8, 4) is 0 Å². The van der Waals surface area contributed by atoms with Gasteiger partial charge in [-0.2, -0.15) is 0 Å². The van der Waals surface area contributed by atoms with E-state index in [1.54, 1.807) is 0 Å². The smallest absolute Gasteiger partial charge is 0.0386 e. The Morgan fingerprint density at radius 1 is 1.54 bits per heavy atom. The first-order valence-electron chi connectivity index (χ1n) is 5.05. The van der Waals surface area contributed by atoms with Gasteiger partial charge >= 0.3 is 0 Å². The molecule has 0 bridgehead atoms. The van der Waals surface area contributed by atoms with Gasteiger partial charge in [-0.05, 0) is 51.3 Å². The summed E-state index contributed by atoms with van der Waals surface area (Å²) in [5.74, 6) is 0.975. The third-order valence-corrected chi connectivity index (χ3v) is 3.78. The second-order valence-electron chi connectivity index (χ2n) is 4.02. The van der Waals surface area contributed by atoms with Crippen molar-refractivity contribution in [2.45, 2.75) is 32.7 Å². The van der Waals surface area contributed by atoms with E-state index in [-0.39, 0.29) is 0 Å². The third-order valence-electron chi connectivity index (χ3n) is 2.60. The molecule has 0 aromatic carbocycles. The number of thiophene rings is 1. The first-order chi connectivity index (χ1) is 6.25. The molecule has 1 atom stereocenters. The maximum Gasteiger partial charge on any atom is 0.0386 e. The van der Waals surface area contributed by atoms with Crippen LogP contribution in [-0.4, -0.2) is 6.54 Å². The Bertz CT molecular complexity index is 275. The van der Waals surface area contributed by atoms with E-state index >= 15 is 0 Å². The fraction of sp³-hybridized carbons (Fsp3) is 0.636. The van der Waals surface area contributed by atoms with Crippen molar-refractivity contribution < 1.29 is 0 Å². The average Bonchev–Trinajstić information content (AvgIpc) is 2.84. The number of hydrogen-bond donors (Lipinski definition) is 1.